The summed E-state index contributed by atoms with van der Waals surface area (Å²) in [7, 11) is 0. The second kappa shape index (κ2) is 6.65. The van der Waals surface area contributed by atoms with Crippen LogP contribution in [0.5, 0.6) is 0 Å². The predicted octanol–water partition coefficient (Wildman–Crippen LogP) is 1.50. The summed E-state index contributed by atoms with van der Waals surface area (Å²) in [6, 6.07) is 6.77. The molecular formula is C12H14BrN3O3. The van der Waals surface area contributed by atoms with E-state index in [0.717, 1.165) is 23.7 Å². The second-order valence-electron chi connectivity index (χ2n) is 3.97. The third-order valence-electron chi connectivity index (χ3n) is 2.65. The highest BCUT2D eigenvalue weighted by Crippen LogP contribution is 2.14. The molecule has 0 fully saturated rings. The van der Waals surface area contributed by atoms with Crippen molar-refractivity contribution in [3.8, 4) is 0 Å². The van der Waals surface area contributed by atoms with Gasteiger partial charge in [0.2, 0.25) is 0 Å². The molecule has 1 aromatic rings. The predicted molar refractivity (Wildman–Crippen MR) is 73.6 cm³/mol. The first-order chi connectivity index (χ1) is 9.24. The van der Waals surface area contributed by atoms with Gasteiger partial charge in [0.1, 0.15) is 0 Å². The number of nitrogens with two attached hydrogens (primary N) is 1. The lowest BCUT2D eigenvalue weighted by Crippen LogP contribution is -2.19. The van der Waals surface area contributed by atoms with Crippen molar-refractivity contribution < 1.29 is 14.5 Å². The van der Waals surface area contributed by atoms with Gasteiger partial charge in [0, 0.05) is 10.9 Å². The molecular weight excluding hydrogens is 314 g/mol. The number of carbonyl (C=O) groups is 1. The number of nitrogens with zero attached hydrogens (tertiary/aromatic N) is 1. The molecule has 1 unspecified atom stereocenters. The summed E-state index contributed by atoms with van der Waals surface area (Å²) < 4.78 is 0. The Kier molecular flexibility index (Phi) is 4.89. The molecule has 0 bridgehead atoms. The largest absolute Gasteiger partial charge is 0.370 e. The number of halogens is 1. The van der Waals surface area contributed by atoms with Crippen LogP contribution in [-0.4, -0.2) is 23.4 Å². The monoisotopic (exact) mass is 327 g/mol. The normalized spacial score (nSPS) is 17.8. The highest BCUT2D eigenvalue weighted by atomic mass is 79.9. The zero-order valence-electron chi connectivity index (χ0n) is 10.1. The Labute approximate surface area is 119 Å². The first-order valence-corrected chi connectivity index (χ1v) is 6.93. The van der Waals surface area contributed by atoms with Gasteiger partial charge in [-0.05, 0) is 25.0 Å². The zero-order valence-corrected chi connectivity index (χ0v) is 11.7. The van der Waals surface area contributed by atoms with Gasteiger partial charge in [-0.25, -0.2) is 20.1 Å². The summed E-state index contributed by atoms with van der Waals surface area (Å²) >= 11 is 3.37. The van der Waals surface area contributed by atoms with E-state index in [1.54, 1.807) is 24.3 Å². The summed E-state index contributed by atoms with van der Waals surface area (Å²) in [6.45, 7) is 0. The lowest BCUT2D eigenvalue weighted by atomic mass is 10.1. The summed E-state index contributed by atoms with van der Waals surface area (Å²) in [5.74, 6) is 4.91. The number of nitrogens with one attached hydrogen (secondary N) is 1. The number of carbonyl (C=O) groups excluding carboxylic acids is 1. The van der Waals surface area contributed by atoms with E-state index in [1.165, 1.54) is 0 Å². The number of aliphatic imine (C=N–C) groups is 1. The minimum Gasteiger partial charge on any atom is -0.370 e. The molecule has 1 aromatic carbocycles. The average Bonchev–Trinajstić information content (AvgIpc) is 2.93. The maximum atomic E-state index is 11.2. The fourth-order valence-corrected chi connectivity index (χ4v) is 1.99. The lowest BCUT2D eigenvalue weighted by Gasteiger charge is -2.03. The van der Waals surface area contributed by atoms with Crippen LogP contribution in [-0.2, 0) is 9.68 Å². The van der Waals surface area contributed by atoms with E-state index in [2.05, 4.69) is 31.2 Å². The van der Waals surface area contributed by atoms with Crippen molar-refractivity contribution in [2.24, 2.45) is 10.9 Å². The fraction of sp³-hybridized carbons (Fsp3) is 0.333. The Morgan fingerprint density at radius 2 is 2.21 bits per heavy atom. The van der Waals surface area contributed by atoms with E-state index in [4.69, 9.17) is 10.7 Å². The van der Waals surface area contributed by atoms with Gasteiger partial charge < -0.3 is 4.84 Å². The van der Waals surface area contributed by atoms with Crippen molar-refractivity contribution in [2.75, 3.05) is 5.33 Å². The summed E-state index contributed by atoms with van der Waals surface area (Å²) in [4.78, 5) is 25.1. The topological polar surface area (TPSA) is 85.9 Å². The fourth-order valence-electron chi connectivity index (χ4n) is 1.66. The van der Waals surface area contributed by atoms with E-state index >= 15 is 0 Å². The molecule has 1 heterocycles. The van der Waals surface area contributed by atoms with Gasteiger partial charge >= 0.3 is 5.97 Å². The number of hydroxylamine groups is 1. The Bertz CT molecular complexity index is 476. The molecule has 0 aliphatic carbocycles. The number of rotatable bonds is 5. The first-order valence-electron chi connectivity index (χ1n) is 5.81. The van der Waals surface area contributed by atoms with Crippen LogP contribution in [0.1, 0.15) is 28.8 Å². The average molecular weight is 328 g/mol. The van der Waals surface area contributed by atoms with Crippen LogP contribution in [0.15, 0.2) is 29.3 Å². The smallest absolute Gasteiger partial charge is 0.356 e. The van der Waals surface area contributed by atoms with E-state index in [1.807, 2.05) is 0 Å². The van der Waals surface area contributed by atoms with Gasteiger partial charge in [0.05, 0.1) is 5.56 Å². The highest BCUT2D eigenvalue weighted by Gasteiger charge is 2.18. The molecule has 6 nitrogen and oxygen atoms in total. The molecule has 0 aromatic heterocycles. The van der Waals surface area contributed by atoms with Crippen molar-refractivity contribution in [1.82, 2.24) is 5.48 Å². The van der Waals surface area contributed by atoms with Gasteiger partial charge in [-0.3, -0.25) is 0 Å². The summed E-state index contributed by atoms with van der Waals surface area (Å²) in [6.07, 6.45) is 1.67. The number of benzene rings is 1. The van der Waals surface area contributed by atoms with Crippen LogP contribution < -0.4 is 11.4 Å². The maximum Gasteiger partial charge on any atom is 0.356 e. The number of hydrogen-bond acceptors (Lipinski definition) is 6. The third kappa shape index (κ3) is 3.52. The molecule has 1 aliphatic heterocycles. The van der Waals surface area contributed by atoms with Crippen molar-refractivity contribution in [3.05, 3.63) is 35.4 Å². The van der Waals surface area contributed by atoms with Gasteiger partial charge in [-0.1, -0.05) is 28.1 Å². The highest BCUT2D eigenvalue weighted by molar-refractivity contribution is 9.09. The second-order valence-corrected chi connectivity index (χ2v) is 4.76. The molecule has 1 atom stereocenters. The van der Waals surface area contributed by atoms with Gasteiger partial charge in [-0.15, -0.1) is 0 Å². The van der Waals surface area contributed by atoms with Crippen LogP contribution in [0.3, 0.4) is 0 Å². The van der Waals surface area contributed by atoms with Crippen LogP contribution in [0.4, 0.5) is 0 Å². The number of amidine groups is 1. The standard InChI is InChI=1S/C12H14BrN3O3/c13-7-1-2-10-15-11(16-19-10)8-3-5-9(6-4-8)12(17)18-14/h3-6,10H,1-2,7,14H2,(H,15,16). The minimum atomic E-state index is -0.570. The summed E-state index contributed by atoms with van der Waals surface area (Å²) in [5, 5.41) is 0.924. The Balaban J connectivity index is 2.04. The van der Waals surface area contributed by atoms with Crippen molar-refractivity contribution in [1.29, 1.82) is 0 Å². The summed E-state index contributed by atoms with van der Waals surface area (Å²) in [5.41, 5.74) is 4.02. The molecule has 1 aliphatic rings. The Morgan fingerprint density at radius 1 is 1.47 bits per heavy atom. The van der Waals surface area contributed by atoms with Crippen molar-refractivity contribution in [3.63, 3.8) is 0 Å². The molecule has 102 valence electrons. The SMILES string of the molecule is NOC(=O)c1ccc(C2=NC(CCCBr)ON2)cc1. The molecule has 0 radical (unpaired) electrons. The van der Waals surface area contributed by atoms with E-state index in [-0.39, 0.29) is 6.23 Å². The molecule has 0 spiro atoms. The minimum absolute atomic E-state index is 0.166. The van der Waals surface area contributed by atoms with Crippen molar-refractivity contribution >= 4 is 27.7 Å². The van der Waals surface area contributed by atoms with Crippen LogP contribution >= 0.6 is 15.9 Å². The molecule has 0 saturated carbocycles. The molecule has 0 amide bonds. The molecule has 0 saturated heterocycles. The van der Waals surface area contributed by atoms with E-state index < -0.39 is 5.97 Å². The lowest BCUT2D eigenvalue weighted by molar-refractivity contribution is 0.0332. The molecule has 3 N–H and O–H groups in total. The molecule has 2 rings (SSSR count). The van der Waals surface area contributed by atoms with Crippen LogP contribution in [0, 0.1) is 0 Å². The van der Waals surface area contributed by atoms with Crippen LogP contribution in [0.25, 0.3) is 0 Å². The first kappa shape index (κ1) is 14.0. The number of hydrogen-bond donors (Lipinski definition) is 2. The molecule has 19 heavy (non-hydrogen) atoms. The van der Waals surface area contributed by atoms with Crippen LogP contribution in [0.2, 0.25) is 0 Å². The quantitative estimate of drug-likeness (QED) is 0.632. The van der Waals surface area contributed by atoms with Gasteiger partial charge in [0.15, 0.2) is 12.1 Å². The number of alkyl halides is 1. The van der Waals surface area contributed by atoms with E-state index in [0.29, 0.717) is 11.4 Å². The van der Waals surface area contributed by atoms with Crippen molar-refractivity contribution in [2.45, 2.75) is 19.1 Å². The zero-order chi connectivity index (χ0) is 13.7. The van der Waals surface area contributed by atoms with Gasteiger partial charge in [-0.2, -0.15) is 5.90 Å². The maximum absolute atomic E-state index is 11.2. The van der Waals surface area contributed by atoms with E-state index in [9.17, 15) is 4.79 Å². The Morgan fingerprint density at radius 3 is 2.84 bits per heavy atom. The Hall–Kier alpha value is -1.44. The molecule has 7 heteroatoms. The third-order valence-corrected chi connectivity index (χ3v) is 3.21. The van der Waals surface area contributed by atoms with Gasteiger partial charge in [0.25, 0.3) is 0 Å².